The monoisotopic (exact) mass is 131 g/mol. The van der Waals surface area contributed by atoms with Crippen LogP contribution in [0.25, 0.3) is 0 Å². The van der Waals surface area contributed by atoms with Crippen LogP contribution < -0.4 is 5.32 Å². The number of rotatable bonds is 2. The Morgan fingerprint density at radius 3 is 2.22 bits per heavy atom. The SMILES string of the molecule is CNC(=O)C(C)(C)CO. The summed E-state index contributed by atoms with van der Waals surface area (Å²) < 4.78 is 0. The van der Waals surface area contributed by atoms with Crippen LogP contribution in [-0.4, -0.2) is 24.7 Å². The quantitative estimate of drug-likeness (QED) is 0.543. The Morgan fingerprint density at radius 1 is 1.67 bits per heavy atom. The van der Waals surface area contributed by atoms with Gasteiger partial charge in [-0.3, -0.25) is 4.79 Å². The van der Waals surface area contributed by atoms with Crippen molar-refractivity contribution >= 4 is 5.91 Å². The summed E-state index contributed by atoms with van der Waals surface area (Å²) in [6.07, 6.45) is 0. The molecule has 0 aromatic carbocycles. The first-order valence-corrected chi connectivity index (χ1v) is 2.87. The third-order valence-corrected chi connectivity index (χ3v) is 1.24. The average Bonchev–Trinajstić information content (AvgIpc) is 1.86. The lowest BCUT2D eigenvalue weighted by Crippen LogP contribution is -2.37. The van der Waals surface area contributed by atoms with Crippen molar-refractivity contribution < 1.29 is 9.90 Å². The molecule has 0 radical (unpaired) electrons. The molecule has 0 bridgehead atoms. The molecule has 0 aromatic rings. The van der Waals surface area contributed by atoms with Gasteiger partial charge in [-0.25, -0.2) is 0 Å². The van der Waals surface area contributed by atoms with Crippen LogP contribution in [0.5, 0.6) is 0 Å². The maximum Gasteiger partial charge on any atom is 0.227 e. The van der Waals surface area contributed by atoms with Crippen LogP contribution in [0.15, 0.2) is 0 Å². The highest BCUT2D eigenvalue weighted by molar-refractivity contribution is 5.81. The normalized spacial score (nSPS) is 11.1. The molecule has 0 fully saturated rings. The highest BCUT2D eigenvalue weighted by atomic mass is 16.3. The van der Waals surface area contributed by atoms with Crippen LogP contribution in [0, 0.1) is 5.41 Å². The maximum atomic E-state index is 10.8. The van der Waals surface area contributed by atoms with Gasteiger partial charge < -0.3 is 10.4 Å². The molecule has 0 spiro atoms. The summed E-state index contributed by atoms with van der Waals surface area (Å²) in [6.45, 7) is 3.25. The molecule has 0 unspecified atom stereocenters. The van der Waals surface area contributed by atoms with E-state index in [1.807, 2.05) is 0 Å². The first kappa shape index (κ1) is 8.43. The molecule has 0 aromatic heterocycles. The van der Waals surface area contributed by atoms with E-state index in [1.165, 1.54) is 0 Å². The van der Waals surface area contributed by atoms with Gasteiger partial charge in [0.25, 0.3) is 0 Å². The molecule has 9 heavy (non-hydrogen) atoms. The second kappa shape index (κ2) is 2.82. The van der Waals surface area contributed by atoms with E-state index in [9.17, 15) is 4.79 Å². The van der Waals surface area contributed by atoms with Crippen LogP contribution in [0.2, 0.25) is 0 Å². The highest BCUT2D eigenvalue weighted by Gasteiger charge is 2.24. The molecule has 3 nitrogen and oxygen atoms in total. The van der Waals surface area contributed by atoms with E-state index in [4.69, 9.17) is 5.11 Å². The van der Waals surface area contributed by atoms with Gasteiger partial charge in [0.2, 0.25) is 5.91 Å². The molecule has 0 heterocycles. The number of aliphatic hydroxyl groups excluding tert-OH is 1. The lowest BCUT2D eigenvalue weighted by molar-refractivity contribution is -0.130. The second-order valence-corrected chi connectivity index (χ2v) is 2.62. The van der Waals surface area contributed by atoms with Gasteiger partial charge in [0.05, 0.1) is 12.0 Å². The van der Waals surface area contributed by atoms with E-state index >= 15 is 0 Å². The number of carbonyl (C=O) groups is 1. The van der Waals surface area contributed by atoms with Gasteiger partial charge in [-0.2, -0.15) is 0 Å². The van der Waals surface area contributed by atoms with Crippen molar-refractivity contribution in [2.45, 2.75) is 13.8 Å². The summed E-state index contributed by atoms with van der Waals surface area (Å²) >= 11 is 0. The summed E-state index contributed by atoms with van der Waals surface area (Å²) in [4.78, 5) is 10.8. The predicted molar refractivity (Wildman–Crippen MR) is 34.9 cm³/mol. The van der Waals surface area contributed by atoms with Crippen molar-refractivity contribution in [2.75, 3.05) is 13.7 Å². The van der Waals surface area contributed by atoms with Crippen LogP contribution in [0.3, 0.4) is 0 Å². The van der Waals surface area contributed by atoms with Crippen LogP contribution >= 0.6 is 0 Å². The molecular weight excluding hydrogens is 118 g/mol. The Kier molecular flexibility index (Phi) is 2.65. The van der Waals surface area contributed by atoms with Gasteiger partial charge in [-0.15, -0.1) is 0 Å². The minimum atomic E-state index is -0.644. The van der Waals surface area contributed by atoms with Gasteiger partial charge in [0, 0.05) is 7.05 Å². The molecule has 2 N–H and O–H groups in total. The fourth-order valence-corrected chi connectivity index (χ4v) is 0.410. The van der Waals surface area contributed by atoms with Crippen LogP contribution in [0.1, 0.15) is 13.8 Å². The Labute approximate surface area is 55.1 Å². The molecule has 0 aliphatic carbocycles. The number of nitrogens with one attached hydrogen (secondary N) is 1. The summed E-state index contributed by atoms with van der Waals surface area (Å²) in [5.74, 6) is -0.134. The Morgan fingerprint density at radius 2 is 2.11 bits per heavy atom. The largest absolute Gasteiger partial charge is 0.395 e. The number of hydrogen-bond donors (Lipinski definition) is 2. The molecule has 1 amide bonds. The molecule has 0 rings (SSSR count). The highest BCUT2D eigenvalue weighted by Crippen LogP contribution is 2.12. The zero-order valence-electron chi connectivity index (χ0n) is 6.06. The summed E-state index contributed by atoms with van der Waals surface area (Å²) in [6, 6.07) is 0. The third-order valence-electron chi connectivity index (χ3n) is 1.24. The third kappa shape index (κ3) is 2.01. The Bertz CT molecular complexity index is 110. The van der Waals surface area contributed by atoms with E-state index in [2.05, 4.69) is 5.32 Å². The van der Waals surface area contributed by atoms with E-state index in [1.54, 1.807) is 20.9 Å². The van der Waals surface area contributed by atoms with E-state index < -0.39 is 5.41 Å². The van der Waals surface area contributed by atoms with Gasteiger partial charge >= 0.3 is 0 Å². The van der Waals surface area contributed by atoms with Gasteiger partial charge in [-0.05, 0) is 13.8 Å². The predicted octanol–water partition coefficient (Wildman–Crippen LogP) is -0.249. The topological polar surface area (TPSA) is 49.3 Å². The lowest BCUT2D eigenvalue weighted by Gasteiger charge is -2.18. The molecule has 0 atom stereocenters. The second-order valence-electron chi connectivity index (χ2n) is 2.62. The maximum absolute atomic E-state index is 10.8. The smallest absolute Gasteiger partial charge is 0.227 e. The average molecular weight is 131 g/mol. The number of amides is 1. The lowest BCUT2D eigenvalue weighted by atomic mass is 9.94. The minimum absolute atomic E-state index is 0.118. The summed E-state index contributed by atoms with van der Waals surface area (Å²) in [7, 11) is 1.56. The zero-order valence-corrected chi connectivity index (χ0v) is 6.06. The first-order chi connectivity index (χ1) is 4.04. The molecule has 3 heteroatoms. The van der Waals surface area contributed by atoms with Crippen LogP contribution in [0.4, 0.5) is 0 Å². The molecule has 0 saturated carbocycles. The van der Waals surface area contributed by atoms with Crippen LogP contribution in [-0.2, 0) is 4.79 Å². The van der Waals surface area contributed by atoms with Crippen molar-refractivity contribution in [3.63, 3.8) is 0 Å². The summed E-state index contributed by atoms with van der Waals surface area (Å²) in [5.41, 5.74) is -0.644. The van der Waals surface area contributed by atoms with Gasteiger partial charge in [0.15, 0.2) is 0 Å². The van der Waals surface area contributed by atoms with Crippen molar-refractivity contribution in [3.8, 4) is 0 Å². The standard InChI is InChI=1S/C6H13NO2/c1-6(2,4-8)5(9)7-3/h8H,4H2,1-3H3,(H,7,9). The number of aliphatic hydroxyl groups is 1. The van der Waals surface area contributed by atoms with Crippen molar-refractivity contribution in [1.29, 1.82) is 0 Å². The van der Waals surface area contributed by atoms with Gasteiger partial charge in [0.1, 0.15) is 0 Å². The minimum Gasteiger partial charge on any atom is -0.395 e. The van der Waals surface area contributed by atoms with E-state index in [-0.39, 0.29) is 12.5 Å². The zero-order chi connectivity index (χ0) is 7.49. The molecule has 54 valence electrons. The number of hydrogen-bond acceptors (Lipinski definition) is 2. The Hall–Kier alpha value is -0.570. The first-order valence-electron chi connectivity index (χ1n) is 2.87. The summed E-state index contributed by atoms with van der Waals surface area (Å²) in [5, 5.41) is 11.1. The van der Waals surface area contributed by atoms with Crippen molar-refractivity contribution in [2.24, 2.45) is 5.41 Å². The molecular formula is C6H13NO2. The Balaban J connectivity index is 3.97. The van der Waals surface area contributed by atoms with Crippen molar-refractivity contribution in [3.05, 3.63) is 0 Å². The van der Waals surface area contributed by atoms with E-state index in [0.717, 1.165) is 0 Å². The fourth-order valence-electron chi connectivity index (χ4n) is 0.410. The molecule has 0 aliphatic rings. The van der Waals surface area contributed by atoms with Gasteiger partial charge in [-0.1, -0.05) is 0 Å². The van der Waals surface area contributed by atoms with Crippen molar-refractivity contribution in [1.82, 2.24) is 5.32 Å². The molecule has 0 aliphatic heterocycles. The van der Waals surface area contributed by atoms with E-state index in [0.29, 0.717) is 0 Å². The number of carbonyl (C=O) groups excluding carboxylic acids is 1. The fraction of sp³-hybridized carbons (Fsp3) is 0.833. The molecule has 0 saturated heterocycles.